The van der Waals surface area contributed by atoms with Crippen molar-refractivity contribution in [3.63, 3.8) is 0 Å². The van der Waals surface area contributed by atoms with Gasteiger partial charge in [0.2, 0.25) is 18.3 Å². The van der Waals surface area contributed by atoms with Crippen LogP contribution in [0.4, 0.5) is 5.69 Å². The van der Waals surface area contributed by atoms with Crippen molar-refractivity contribution in [3.8, 4) is 5.75 Å². The number of pyridine rings is 1. The molecule has 1 aromatic heterocycles. The Balaban J connectivity index is 2.12. The number of nitrogens with one attached hydrogen (secondary N) is 1. The van der Waals surface area contributed by atoms with E-state index in [1.807, 2.05) is 0 Å². The normalized spacial score (nSPS) is 9.95. The summed E-state index contributed by atoms with van der Waals surface area (Å²) in [4.78, 5) is 28.1. The van der Waals surface area contributed by atoms with Crippen LogP contribution in [0, 0.1) is 0 Å². The second-order valence-electron chi connectivity index (χ2n) is 4.03. The third-order valence-electron chi connectivity index (χ3n) is 2.51. The number of carbonyl (C=O) groups excluding carboxylic acids is 2. The summed E-state index contributed by atoms with van der Waals surface area (Å²) in [6.45, 7) is 0. The highest BCUT2D eigenvalue weighted by Gasteiger charge is 2.16. The molecule has 0 saturated carbocycles. The molecule has 0 spiro atoms. The summed E-state index contributed by atoms with van der Waals surface area (Å²) < 4.78 is 1.24. The molecule has 0 aliphatic carbocycles. The average molecular weight is 308 g/mol. The van der Waals surface area contributed by atoms with Crippen molar-refractivity contribution in [1.82, 2.24) is 0 Å². The van der Waals surface area contributed by atoms with E-state index in [9.17, 15) is 14.7 Å². The van der Waals surface area contributed by atoms with Crippen LogP contribution in [0.25, 0.3) is 0 Å². The van der Waals surface area contributed by atoms with Gasteiger partial charge in [0.15, 0.2) is 0 Å². The van der Waals surface area contributed by atoms with Crippen LogP contribution >= 0.6 is 11.6 Å². The molecule has 21 heavy (non-hydrogen) atoms. The van der Waals surface area contributed by atoms with E-state index in [0.717, 1.165) is 0 Å². The third-order valence-corrected chi connectivity index (χ3v) is 2.75. The molecule has 1 heterocycles. The van der Waals surface area contributed by atoms with Gasteiger partial charge in [-0.2, -0.15) is 4.84 Å². The van der Waals surface area contributed by atoms with Crippen molar-refractivity contribution in [2.75, 3.05) is 11.2 Å². The van der Waals surface area contributed by atoms with Gasteiger partial charge in [0, 0.05) is 16.9 Å². The number of carbonyl (C=O) groups is 2. The van der Waals surface area contributed by atoms with Crippen LogP contribution in [0.5, 0.6) is 5.75 Å². The zero-order valence-electron chi connectivity index (χ0n) is 10.8. The Hall–Kier alpha value is -2.60. The zero-order chi connectivity index (χ0) is 15.2. The summed E-state index contributed by atoms with van der Waals surface area (Å²) in [6, 6.07) is 9.21. The number of alkyl halides is 1. The highest BCUT2D eigenvalue weighted by molar-refractivity contribution is 6.29. The van der Waals surface area contributed by atoms with Crippen LogP contribution < -0.4 is 14.9 Å². The Kier molecular flexibility index (Phi) is 4.73. The second-order valence-corrected chi connectivity index (χ2v) is 4.30. The highest BCUT2D eigenvalue weighted by Crippen LogP contribution is 2.24. The number of aromatic nitrogens is 1. The van der Waals surface area contributed by atoms with Crippen LogP contribution in [0.15, 0.2) is 48.8 Å². The lowest BCUT2D eigenvalue weighted by atomic mass is 10.2. The largest absolute Gasteiger partial charge is 0.506 e. The Labute approximate surface area is 125 Å². The Morgan fingerprint density at radius 1 is 1.24 bits per heavy atom. The van der Waals surface area contributed by atoms with Gasteiger partial charge in [-0.15, -0.1) is 11.6 Å². The monoisotopic (exact) mass is 307 g/mol. The number of halogens is 1. The lowest BCUT2D eigenvalue weighted by Gasteiger charge is -2.06. The minimum atomic E-state index is -0.642. The molecule has 2 N–H and O–H groups in total. The Morgan fingerprint density at radius 3 is 2.57 bits per heavy atom. The summed E-state index contributed by atoms with van der Waals surface area (Å²) >= 11 is 5.36. The number of aromatic hydroxyl groups is 1. The van der Waals surface area contributed by atoms with E-state index in [1.165, 1.54) is 22.9 Å². The molecule has 0 radical (unpaired) electrons. The van der Waals surface area contributed by atoms with Gasteiger partial charge in [-0.05, 0) is 18.2 Å². The zero-order valence-corrected chi connectivity index (χ0v) is 11.6. The van der Waals surface area contributed by atoms with Gasteiger partial charge in [-0.25, -0.2) is 4.79 Å². The summed E-state index contributed by atoms with van der Waals surface area (Å²) in [5.41, 5.74) is 0.317. The fourth-order valence-electron chi connectivity index (χ4n) is 1.54. The number of phenolic OH excluding ortho intramolecular Hbond substituents is 1. The lowest BCUT2D eigenvalue weighted by molar-refractivity contribution is -0.868. The molecule has 0 aliphatic rings. The molecule has 1 aromatic carbocycles. The molecule has 7 heteroatoms. The van der Waals surface area contributed by atoms with E-state index in [1.54, 1.807) is 30.6 Å². The molecule has 0 fully saturated rings. The fourth-order valence-corrected chi connectivity index (χ4v) is 1.61. The summed E-state index contributed by atoms with van der Waals surface area (Å²) in [5.74, 6) is -1.58. The Morgan fingerprint density at radius 2 is 1.95 bits per heavy atom. The number of phenols is 1. The van der Waals surface area contributed by atoms with Crippen molar-refractivity contribution in [2.45, 2.75) is 0 Å². The SMILES string of the molecule is O=C(CCl)Nc1ccc(C(=O)O[n+]2ccccc2)cc1O. The maximum atomic E-state index is 11.9. The van der Waals surface area contributed by atoms with Gasteiger partial charge >= 0.3 is 5.97 Å². The first-order valence-electron chi connectivity index (χ1n) is 5.98. The first-order valence-corrected chi connectivity index (χ1v) is 6.51. The number of benzene rings is 1. The van der Waals surface area contributed by atoms with Crippen molar-refractivity contribution < 1.29 is 24.3 Å². The topological polar surface area (TPSA) is 79.5 Å². The van der Waals surface area contributed by atoms with Crippen molar-refractivity contribution >= 4 is 29.2 Å². The molecule has 6 nitrogen and oxygen atoms in total. The van der Waals surface area contributed by atoms with E-state index in [0.29, 0.717) is 0 Å². The van der Waals surface area contributed by atoms with E-state index in [2.05, 4.69) is 5.32 Å². The molecule has 0 saturated heterocycles. The number of hydrogen-bond acceptors (Lipinski definition) is 4. The smallest absolute Gasteiger partial charge is 0.411 e. The quantitative estimate of drug-likeness (QED) is 0.504. The summed E-state index contributed by atoms with van der Waals surface area (Å²) in [7, 11) is 0. The van der Waals surface area contributed by atoms with Gasteiger partial charge in [-0.1, -0.05) is 6.07 Å². The summed E-state index contributed by atoms with van der Waals surface area (Å²) in [5, 5.41) is 12.2. The average Bonchev–Trinajstić information content (AvgIpc) is 2.50. The van der Waals surface area contributed by atoms with Crippen LogP contribution in [0.3, 0.4) is 0 Å². The predicted molar refractivity (Wildman–Crippen MR) is 75.0 cm³/mol. The maximum absolute atomic E-state index is 11.9. The number of anilines is 1. The van der Waals surface area contributed by atoms with E-state index >= 15 is 0 Å². The van der Waals surface area contributed by atoms with Gasteiger partial charge in [0.1, 0.15) is 11.6 Å². The Bertz CT molecular complexity index is 661. The molecule has 0 aliphatic heterocycles. The van der Waals surface area contributed by atoms with Crippen LogP contribution in [-0.4, -0.2) is 22.9 Å². The summed E-state index contributed by atoms with van der Waals surface area (Å²) in [6.07, 6.45) is 3.12. The predicted octanol–water partition coefficient (Wildman–Crippen LogP) is 1.13. The first kappa shape index (κ1) is 14.8. The van der Waals surface area contributed by atoms with E-state index in [-0.39, 0.29) is 22.9 Å². The first-order chi connectivity index (χ1) is 10.1. The minimum absolute atomic E-state index is 0.146. The van der Waals surface area contributed by atoms with Crippen molar-refractivity contribution in [1.29, 1.82) is 0 Å². The molecule has 0 bridgehead atoms. The standard InChI is InChI=1S/C14H11ClN2O4/c15-9-13(19)16-11-5-4-10(8-12(11)18)14(20)21-17-6-2-1-3-7-17/h1-8H,9H2,(H-,16,18,19,20)/p+1. The maximum Gasteiger partial charge on any atom is 0.411 e. The second kappa shape index (κ2) is 6.71. The molecule has 0 atom stereocenters. The van der Waals surface area contributed by atoms with E-state index in [4.69, 9.17) is 16.4 Å². The van der Waals surface area contributed by atoms with Gasteiger partial charge in [0.05, 0.1) is 11.3 Å². The minimum Gasteiger partial charge on any atom is -0.506 e. The number of amides is 1. The van der Waals surface area contributed by atoms with Gasteiger partial charge in [-0.3, -0.25) is 4.79 Å². The van der Waals surface area contributed by atoms with E-state index < -0.39 is 11.9 Å². The van der Waals surface area contributed by atoms with Crippen LogP contribution in [0.1, 0.15) is 10.4 Å². The molecule has 2 rings (SSSR count). The molecule has 0 unspecified atom stereocenters. The van der Waals surface area contributed by atoms with Crippen LogP contribution in [-0.2, 0) is 4.79 Å². The number of hydrogen-bond donors (Lipinski definition) is 2. The van der Waals surface area contributed by atoms with Gasteiger partial charge < -0.3 is 10.4 Å². The van der Waals surface area contributed by atoms with Crippen molar-refractivity contribution in [2.24, 2.45) is 0 Å². The molecular formula is C14H12ClN2O4+. The van der Waals surface area contributed by atoms with Gasteiger partial charge in [0.25, 0.3) is 0 Å². The highest BCUT2D eigenvalue weighted by atomic mass is 35.5. The third kappa shape index (κ3) is 3.93. The molecule has 1 amide bonds. The fraction of sp³-hybridized carbons (Fsp3) is 0.0714. The molecular weight excluding hydrogens is 296 g/mol. The van der Waals surface area contributed by atoms with Crippen LogP contribution in [0.2, 0.25) is 0 Å². The van der Waals surface area contributed by atoms with Crippen molar-refractivity contribution in [3.05, 3.63) is 54.4 Å². The number of nitrogens with zero attached hydrogens (tertiary/aromatic N) is 1. The molecule has 2 aromatic rings. The lowest BCUT2D eigenvalue weighted by Crippen LogP contribution is -2.44. The molecule has 108 valence electrons. The number of rotatable bonds is 4.